The summed E-state index contributed by atoms with van der Waals surface area (Å²) in [4.78, 5) is 30.2. The summed E-state index contributed by atoms with van der Waals surface area (Å²) in [5.41, 5.74) is 5.44. The number of anilines is 1. The van der Waals surface area contributed by atoms with Gasteiger partial charge in [-0.1, -0.05) is 12.0 Å². The van der Waals surface area contributed by atoms with E-state index in [9.17, 15) is 14.8 Å². The molecule has 1 saturated heterocycles. The maximum Gasteiger partial charge on any atom is 0.469 e. The van der Waals surface area contributed by atoms with E-state index in [0.717, 1.165) is 0 Å². The van der Waals surface area contributed by atoms with Crippen LogP contribution in [0.1, 0.15) is 24.4 Å². The Labute approximate surface area is 181 Å². The van der Waals surface area contributed by atoms with Crippen LogP contribution >= 0.6 is 7.82 Å². The highest BCUT2D eigenvalue weighted by Crippen LogP contribution is 2.43. The number of rotatable bonds is 4. The third-order valence-corrected chi connectivity index (χ3v) is 5.53. The van der Waals surface area contributed by atoms with Crippen molar-refractivity contribution in [1.82, 2.24) is 19.5 Å². The highest BCUT2D eigenvalue weighted by atomic mass is 31.2. The Kier molecular flexibility index (Phi) is 5.74. The van der Waals surface area contributed by atoms with Crippen molar-refractivity contribution in [2.45, 2.75) is 31.0 Å². The number of phosphoric acid groups is 1. The SMILES string of the molecule is C[C@@]1(O)[C@H](O)[C@@H](COP(=O)(O)O)O[C@H]1n1cc(C#Cc2ccccn2)c2c(N)ncnc21. The Morgan fingerprint density at radius 2 is 2.09 bits per heavy atom. The molecular formula is C19H20N5O7P. The van der Waals surface area contributed by atoms with Crippen LogP contribution in [-0.4, -0.2) is 63.9 Å². The number of hydrogen-bond acceptors (Lipinski definition) is 9. The van der Waals surface area contributed by atoms with Gasteiger partial charge >= 0.3 is 7.82 Å². The Bertz CT molecular complexity index is 1250. The molecule has 4 heterocycles. The molecule has 0 amide bonds. The van der Waals surface area contributed by atoms with Gasteiger partial charge in [-0.3, -0.25) is 4.52 Å². The molecule has 0 aliphatic carbocycles. The van der Waals surface area contributed by atoms with Crippen molar-refractivity contribution in [3.8, 4) is 11.8 Å². The highest BCUT2D eigenvalue weighted by molar-refractivity contribution is 7.46. The van der Waals surface area contributed by atoms with Gasteiger partial charge in [0.15, 0.2) is 6.23 Å². The number of nitrogens with two attached hydrogens (primary N) is 1. The minimum atomic E-state index is -4.80. The van der Waals surface area contributed by atoms with E-state index < -0.39 is 38.5 Å². The first-order valence-electron chi connectivity index (χ1n) is 9.38. The van der Waals surface area contributed by atoms with E-state index in [4.69, 9.17) is 20.3 Å². The highest BCUT2D eigenvalue weighted by Gasteiger charge is 2.54. The fourth-order valence-corrected chi connectivity index (χ4v) is 3.84. The van der Waals surface area contributed by atoms with Crippen molar-refractivity contribution >= 4 is 24.7 Å². The van der Waals surface area contributed by atoms with E-state index >= 15 is 0 Å². The zero-order valence-electron chi connectivity index (χ0n) is 16.7. The normalized spacial score (nSPS) is 25.6. The van der Waals surface area contributed by atoms with Gasteiger partial charge in [-0.05, 0) is 25.0 Å². The quantitative estimate of drug-likeness (QED) is 0.258. The van der Waals surface area contributed by atoms with Crippen LogP contribution in [0.4, 0.5) is 5.82 Å². The molecule has 168 valence electrons. The molecule has 1 aliphatic rings. The van der Waals surface area contributed by atoms with Gasteiger partial charge in [0, 0.05) is 12.4 Å². The van der Waals surface area contributed by atoms with E-state index in [1.54, 1.807) is 30.6 Å². The van der Waals surface area contributed by atoms with Crippen LogP contribution in [0.2, 0.25) is 0 Å². The number of aromatic nitrogens is 4. The molecule has 12 nitrogen and oxygen atoms in total. The van der Waals surface area contributed by atoms with Gasteiger partial charge in [0.25, 0.3) is 0 Å². The largest absolute Gasteiger partial charge is 0.469 e. The monoisotopic (exact) mass is 461 g/mol. The van der Waals surface area contributed by atoms with Crippen LogP contribution in [0.3, 0.4) is 0 Å². The summed E-state index contributed by atoms with van der Waals surface area (Å²) in [5, 5.41) is 21.9. The lowest BCUT2D eigenvalue weighted by atomic mass is 9.96. The molecule has 1 fully saturated rings. The summed E-state index contributed by atoms with van der Waals surface area (Å²) in [6.45, 7) is 0.691. The number of fused-ring (bicyclic) bond motifs is 1. The smallest absolute Gasteiger partial charge is 0.387 e. The summed E-state index contributed by atoms with van der Waals surface area (Å²) in [5.74, 6) is 6.03. The third-order valence-electron chi connectivity index (χ3n) is 5.04. The van der Waals surface area contributed by atoms with Crippen LogP contribution in [0.5, 0.6) is 0 Å². The summed E-state index contributed by atoms with van der Waals surface area (Å²) in [6.07, 6.45) is 0.462. The fourth-order valence-electron chi connectivity index (χ4n) is 3.50. The Hall–Kier alpha value is -2.88. The summed E-state index contributed by atoms with van der Waals surface area (Å²) >= 11 is 0. The number of phosphoric ester groups is 1. The van der Waals surface area contributed by atoms with Gasteiger partial charge in [-0.2, -0.15) is 0 Å². The lowest BCUT2D eigenvalue weighted by molar-refractivity contribution is -0.0947. The Balaban J connectivity index is 1.75. The first-order chi connectivity index (χ1) is 15.1. The van der Waals surface area contributed by atoms with Gasteiger partial charge < -0.3 is 35.0 Å². The summed E-state index contributed by atoms with van der Waals surface area (Å²) in [6, 6.07) is 5.29. The molecule has 6 N–H and O–H groups in total. The predicted molar refractivity (Wildman–Crippen MR) is 111 cm³/mol. The van der Waals surface area contributed by atoms with Gasteiger partial charge in [-0.25, -0.2) is 19.5 Å². The lowest BCUT2D eigenvalue weighted by Crippen LogP contribution is -2.44. The van der Waals surface area contributed by atoms with Crippen LogP contribution in [-0.2, 0) is 13.8 Å². The number of pyridine rings is 1. The molecule has 4 atom stereocenters. The van der Waals surface area contributed by atoms with Crippen LogP contribution in [0.15, 0.2) is 36.9 Å². The lowest BCUT2D eigenvalue weighted by Gasteiger charge is -2.27. The van der Waals surface area contributed by atoms with Gasteiger partial charge in [0.05, 0.1) is 17.6 Å². The first-order valence-corrected chi connectivity index (χ1v) is 10.9. The predicted octanol–water partition coefficient (Wildman–Crippen LogP) is -0.0731. The number of hydrogen-bond donors (Lipinski definition) is 5. The molecule has 32 heavy (non-hydrogen) atoms. The van der Waals surface area contributed by atoms with Crippen molar-refractivity contribution in [2.75, 3.05) is 12.3 Å². The molecule has 0 bridgehead atoms. The minimum Gasteiger partial charge on any atom is -0.387 e. The number of nitrogens with zero attached hydrogens (tertiary/aromatic N) is 4. The second kappa shape index (κ2) is 8.23. The van der Waals surface area contributed by atoms with E-state index in [1.165, 1.54) is 17.8 Å². The number of ether oxygens (including phenoxy) is 1. The minimum absolute atomic E-state index is 0.152. The second-order valence-corrected chi connectivity index (χ2v) is 8.60. The molecule has 0 saturated carbocycles. The average molecular weight is 461 g/mol. The number of aliphatic hydroxyl groups is 2. The van der Waals surface area contributed by atoms with E-state index in [2.05, 4.69) is 31.3 Å². The van der Waals surface area contributed by atoms with Gasteiger partial charge in [0.2, 0.25) is 0 Å². The first kappa shape index (κ1) is 22.3. The molecule has 4 rings (SSSR count). The summed E-state index contributed by atoms with van der Waals surface area (Å²) < 4.78 is 22.6. The van der Waals surface area contributed by atoms with E-state index in [1.807, 2.05) is 0 Å². The Morgan fingerprint density at radius 3 is 2.78 bits per heavy atom. The maximum absolute atomic E-state index is 11.0. The summed E-state index contributed by atoms with van der Waals surface area (Å²) in [7, 11) is -4.80. The molecule has 1 aliphatic heterocycles. The molecule has 0 aromatic carbocycles. The van der Waals surface area contributed by atoms with Crippen LogP contribution in [0, 0.1) is 11.8 Å². The average Bonchev–Trinajstić information content (AvgIpc) is 3.21. The second-order valence-electron chi connectivity index (χ2n) is 7.36. The molecule has 0 unspecified atom stereocenters. The van der Waals surface area contributed by atoms with Gasteiger partial charge in [-0.15, -0.1) is 0 Å². The van der Waals surface area contributed by atoms with Crippen molar-refractivity contribution in [2.24, 2.45) is 0 Å². The standard InChI is InChI=1S/C19H20N5O7P/c1-19(26)15(25)13(9-30-32(27,28)29)31-18(19)24-8-11(5-6-12-4-2-3-7-21-12)14-16(20)22-10-23-17(14)24/h2-4,7-8,10,13,15,18,25-26H,9H2,1H3,(H2,20,22,23)(H2,27,28,29)/t13-,15-,18-,19-/m1/s1. The fraction of sp³-hybridized carbons (Fsp3) is 0.316. The number of aliphatic hydroxyl groups excluding tert-OH is 1. The molecule has 0 radical (unpaired) electrons. The zero-order chi connectivity index (χ0) is 23.1. The number of nitrogen functional groups attached to an aromatic ring is 1. The molecule has 13 heteroatoms. The maximum atomic E-state index is 11.0. The third kappa shape index (κ3) is 4.23. The molecular weight excluding hydrogens is 441 g/mol. The molecule has 3 aromatic heterocycles. The van der Waals surface area contributed by atoms with Gasteiger partial charge in [0.1, 0.15) is 41.3 Å². The zero-order valence-corrected chi connectivity index (χ0v) is 17.6. The Morgan fingerprint density at radius 1 is 1.31 bits per heavy atom. The molecule has 3 aromatic rings. The van der Waals surface area contributed by atoms with E-state index in [-0.39, 0.29) is 11.5 Å². The van der Waals surface area contributed by atoms with Crippen molar-refractivity contribution < 1.29 is 33.8 Å². The van der Waals surface area contributed by atoms with Crippen molar-refractivity contribution in [3.63, 3.8) is 0 Å². The molecule has 0 spiro atoms. The van der Waals surface area contributed by atoms with Crippen molar-refractivity contribution in [1.29, 1.82) is 0 Å². The van der Waals surface area contributed by atoms with Crippen molar-refractivity contribution in [3.05, 3.63) is 48.2 Å². The van der Waals surface area contributed by atoms with E-state index in [0.29, 0.717) is 16.6 Å². The van der Waals surface area contributed by atoms with Crippen LogP contribution < -0.4 is 5.73 Å². The topological polar surface area (TPSA) is 186 Å². The van der Waals surface area contributed by atoms with Crippen LogP contribution in [0.25, 0.3) is 11.0 Å².